The van der Waals surface area contributed by atoms with Crippen LogP contribution in [0.5, 0.6) is 0 Å². The highest BCUT2D eigenvalue weighted by Gasteiger charge is 2.04. The van der Waals surface area contributed by atoms with Gasteiger partial charge in [-0.2, -0.15) is 0 Å². The molecular weight excluding hydrogens is 214 g/mol. The molecule has 0 atom stereocenters. The lowest BCUT2D eigenvalue weighted by molar-refractivity contribution is -0.116. The number of nitrogens with zero attached hydrogens (tertiary/aromatic N) is 1. The third-order valence-corrected chi connectivity index (χ3v) is 2.41. The third-order valence-electron chi connectivity index (χ3n) is 2.41. The molecule has 1 rings (SSSR count). The van der Waals surface area contributed by atoms with E-state index < -0.39 is 0 Å². The second kappa shape index (κ2) is 7.01. The highest BCUT2D eigenvalue weighted by Crippen LogP contribution is 2.10. The molecule has 0 aliphatic carbocycles. The Morgan fingerprint density at radius 3 is 2.88 bits per heavy atom. The van der Waals surface area contributed by atoms with Crippen molar-refractivity contribution in [1.82, 2.24) is 10.3 Å². The van der Waals surface area contributed by atoms with Gasteiger partial charge in [0, 0.05) is 18.7 Å². The zero-order valence-corrected chi connectivity index (χ0v) is 10.8. The Hall–Kier alpha value is -1.42. The van der Waals surface area contributed by atoms with Crippen molar-refractivity contribution in [1.29, 1.82) is 0 Å². The van der Waals surface area contributed by atoms with Crippen LogP contribution in [0.3, 0.4) is 0 Å². The minimum Gasteiger partial charge on any atom is -0.325 e. The smallest absolute Gasteiger partial charge is 0.224 e. The van der Waals surface area contributed by atoms with Crippen LogP contribution in [0.2, 0.25) is 0 Å². The molecule has 4 nitrogen and oxygen atoms in total. The maximum Gasteiger partial charge on any atom is 0.224 e. The molecule has 1 aromatic heterocycles. The standard InChI is InChI=1S/C13H21N3O/c1-10(2)14-8-5-7-13(17)16-12-6-4-9-15-11(12)3/h4,6,9-10,14H,5,7-8H2,1-3H3,(H,16,17). The van der Waals surface area contributed by atoms with Crippen LogP contribution in [-0.4, -0.2) is 23.5 Å². The van der Waals surface area contributed by atoms with Gasteiger partial charge >= 0.3 is 0 Å². The largest absolute Gasteiger partial charge is 0.325 e. The van der Waals surface area contributed by atoms with E-state index in [-0.39, 0.29) is 5.91 Å². The maximum absolute atomic E-state index is 11.6. The fraction of sp³-hybridized carbons (Fsp3) is 0.538. The number of carbonyl (C=O) groups is 1. The zero-order valence-electron chi connectivity index (χ0n) is 10.8. The molecule has 0 unspecified atom stereocenters. The van der Waals surface area contributed by atoms with Crippen LogP contribution in [0.4, 0.5) is 5.69 Å². The molecule has 4 heteroatoms. The highest BCUT2D eigenvalue weighted by molar-refractivity contribution is 5.91. The predicted molar refractivity (Wildman–Crippen MR) is 70.0 cm³/mol. The van der Waals surface area contributed by atoms with E-state index in [1.807, 2.05) is 19.1 Å². The maximum atomic E-state index is 11.6. The summed E-state index contributed by atoms with van der Waals surface area (Å²) in [5, 5.41) is 6.15. The number of hydrogen-bond acceptors (Lipinski definition) is 3. The number of aromatic nitrogens is 1. The van der Waals surface area contributed by atoms with Crippen LogP contribution >= 0.6 is 0 Å². The van der Waals surface area contributed by atoms with Crippen molar-refractivity contribution >= 4 is 11.6 Å². The van der Waals surface area contributed by atoms with Crippen LogP contribution < -0.4 is 10.6 Å². The first kappa shape index (κ1) is 13.6. The van der Waals surface area contributed by atoms with Crippen molar-refractivity contribution in [2.45, 2.75) is 39.7 Å². The topological polar surface area (TPSA) is 54.0 Å². The normalized spacial score (nSPS) is 10.6. The van der Waals surface area contributed by atoms with Gasteiger partial charge in [0.25, 0.3) is 0 Å². The van der Waals surface area contributed by atoms with Gasteiger partial charge in [-0.05, 0) is 32.0 Å². The number of amides is 1. The zero-order chi connectivity index (χ0) is 12.7. The molecule has 0 spiro atoms. The summed E-state index contributed by atoms with van der Waals surface area (Å²) < 4.78 is 0. The Balaban J connectivity index is 2.28. The van der Waals surface area contributed by atoms with E-state index >= 15 is 0 Å². The number of carbonyl (C=O) groups excluding carboxylic acids is 1. The summed E-state index contributed by atoms with van der Waals surface area (Å²) in [7, 11) is 0. The van der Waals surface area contributed by atoms with E-state index in [4.69, 9.17) is 0 Å². The van der Waals surface area contributed by atoms with Crippen LogP contribution in [0, 0.1) is 6.92 Å². The summed E-state index contributed by atoms with van der Waals surface area (Å²) in [6.45, 7) is 6.95. The molecule has 17 heavy (non-hydrogen) atoms. The van der Waals surface area contributed by atoms with Gasteiger partial charge in [0.15, 0.2) is 0 Å². The molecule has 0 radical (unpaired) electrons. The number of pyridine rings is 1. The molecule has 2 N–H and O–H groups in total. The Kier molecular flexibility index (Phi) is 5.63. The highest BCUT2D eigenvalue weighted by atomic mass is 16.1. The molecule has 0 saturated heterocycles. The molecule has 1 amide bonds. The van der Waals surface area contributed by atoms with E-state index in [0.29, 0.717) is 12.5 Å². The number of hydrogen-bond donors (Lipinski definition) is 2. The molecular formula is C13H21N3O. The van der Waals surface area contributed by atoms with Gasteiger partial charge in [0.2, 0.25) is 5.91 Å². The second-order valence-electron chi connectivity index (χ2n) is 4.40. The number of rotatable bonds is 6. The summed E-state index contributed by atoms with van der Waals surface area (Å²) >= 11 is 0. The molecule has 1 aromatic rings. The second-order valence-corrected chi connectivity index (χ2v) is 4.40. The first-order valence-electron chi connectivity index (χ1n) is 6.04. The molecule has 1 heterocycles. The summed E-state index contributed by atoms with van der Waals surface area (Å²) in [4.78, 5) is 15.8. The first-order chi connectivity index (χ1) is 8.09. The molecule has 0 saturated carbocycles. The van der Waals surface area contributed by atoms with Gasteiger partial charge in [-0.25, -0.2) is 0 Å². The van der Waals surface area contributed by atoms with E-state index in [1.165, 1.54) is 0 Å². The van der Waals surface area contributed by atoms with Crippen molar-refractivity contribution in [2.24, 2.45) is 0 Å². The molecule has 0 aliphatic rings. The van der Waals surface area contributed by atoms with Gasteiger partial charge in [0.05, 0.1) is 11.4 Å². The van der Waals surface area contributed by atoms with E-state index in [0.717, 1.165) is 24.3 Å². The van der Waals surface area contributed by atoms with E-state index in [2.05, 4.69) is 29.5 Å². The van der Waals surface area contributed by atoms with Gasteiger partial charge in [-0.15, -0.1) is 0 Å². The van der Waals surface area contributed by atoms with Crippen LogP contribution in [0.1, 0.15) is 32.4 Å². The molecule has 0 aromatic carbocycles. The average Bonchev–Trinajstić information content (AvgIpc) is 2.27. The summed E-state index contributed by atoms with van der Waals surface area (Å²) in [5.74, 6) is 0.0478. The van der Waals surface area contributed by atoms with Gasteiger partial charge < -0.3 is 10.6 Å². The van der Waals surface area contributed by atoms with E-state index in [9.17, 15) is 4.79 Å². The fourth-order valence-corrected chi connectivity index (χ4v) is 1.47. The summed E-state index contributed by atoms with van der Waals surface area (Å²) in [6, 6.07) is 4.16. The van der Waals surface area contributed by atoms with Crippen LogP contribution in [-0.2, 0) is 4.79 Å². The Morgan fingerprint density at radius 1 is 1.47 bits per heavy atom. The SMILES string of the molecule is Cc1ncccc1NC(=O)CCCNC(C)C. The molecule has 0 bridgehead atoms. The fourth-order valence-electron chi connectivity index (χ4n) is 1.47. The molecule has 94 valence electrons. The lowest BCUT2D eigenvalue weighted by Crippen LogP contribution is -2.24. The minimum absolute atomic E-state index is 0.0478. The summed E-state index contributed by atoms with van der Waals surface area (Å²) in [6.07, 6.45) is 3.11. The number of aryl methyl sites for hydroxylation is 1. The Morgan fingerprint density at radius 2 is 2.24 bits per heavy atom. The van der Waals surface area contributed by atoms with Crippen LogP contribution in [0.15, 0.2) is 18.3 Å². The van der Waals surface area contributed by atoms with Crippen molar-refractivity contribution in [2.75, 3.05) is 11.9 Å². The van der Waals surface area contributed by atoms with E-state index in [1.54, 1.807) is 6.20 Å². The van der Waals surface area contributed by atoms with Crippen molar-refractivity contribution in [3.8, 4) is 0 Å². The lowest BCUT2D eigenvalue weighted by atomic mass is 10.2. The van der Waals surface area contributed by atoms with Crippen molar-refractivity contribution < 1.29 is 4.79 Å². The average molecular weight is 235 g/mol. The number of nitrogens with one attached hydrogen (secondary N) is 2. The minimum atomic E-state index is 0.0478. The Bertz CT molecular complexity index is 363. The quantitative estimate of drug-likeness (QED) is 0.742. The van der Waals surface area contributed by atoms with Crippen molar-refractivity contribution in [3.63, 3.8) is 0 Å². The third kappa shape index (κ3) is 5.45. The van der Waals surface area contributed by atoms with Gasteiger partial charge in [-0.1, -0.05) is 13.8 Å². The lowest BCUT2D eigenvalue weighted by Gasteiger charge is -2.09. The number of anilines is 1. The molecule has 0 aliphatic heterocycles. The summed E-state index contributed by atoms with van der Waals surface area (Å²) in [5.41, 5.74) is 1.65. The van der Waals surface area contributed by atoms with Crippen molar-refractivity contribution in [3.05, 3.63) is 24.0 Å². The Labute approximate surface area is 103 Å². The van der Waals surface area contributed by atoms with Crippen LogP contribution in [0.25, 0.3) is 0 Å². The van der Waals surface area contributed by atoms with Gasteiger partial charge in [-0.3, -0.25) is 9.78 Å². The predicted octanol–water partition coefficient (Wildman–Crippen LogP) is 2.11. The molecule has 0 fully saturated rings. The monoisotopic (exact) mass is 235 g/mol. The van der Waals surface area contributed by atoms with Gasteiger partial charge in [0.1, 0.15) is 0 Å². The first-order valence-corrected chi connectivity index (χ1v) is 6.04.